The summed E-state index contributed by atoms with van der Waals surface area (Å²) in [5.41, 5.74) is 9.13. The third kappa shape index (κ3) is 10.5. The summed E-state index contributed by atoms with van der Waals surface area (Å²) in [6.07, 6.45) is -0.817. The van der Waals surface area contributed by atoms with Crippen molar-refractivity contribution in [3.05, 3.63) is 143 Å². The number of carbonyl (C=O) groups excluding carboxylic acids is 4. The van der Waals surface area contributed by atoms with Crippen LogP contribution in [0, 0.1) is 0 Å². The first-order valence-electron chi connectivity index (χ1n) is 14.3. The molecule has 230 valence electrons. The van der Waals surface area contributed by atoms with Gasteiger partial charge in [-0.2, -0.15) is 4.99 Å². The zero-order valence-electron chi connectivity index (χ0n) is 24.6. The zero-order valence-corrected chi connectivity index (χ0v) is 24.6. The molecule has 0 radical (unpaired) electrons. The van der Waals surface area contributed by atoms with Gasteiger partial charge in [0.25, 0.3) is 5.91 Å². The molecule has 0 fully saturated rings. The van der Waals surface area contributed by atoms with Gasteiger partial charge in [-0.3, -0.25) is 14.4 Å². The number of nitrogens with one attached hydrogen (secondary N) is 2. The number of rotatable bonds is 13. The van der Waals surface area contributed by atoms with Crippen molar-refractivity contribution in [3.63, 3.8) is 0 Å². The van der Waals surface area contributed by atoms with Crippen molar-refractivity contribution >= 4 is 29.7 Å². The Labute approximate surface area is 261 Å². The predicted molar refractivity (Wildman–Crippen MR) is 169 cm³/mol. The van der Waals surface area contributed by atoms with Gasteiger partial charge in [0.2, 0.25) is 5.91 Å². The minimum atomic E-state index is -0.826. The van der Waals surface area contributed by atoms with E-state index in [1.165, 1.54) is 0 Å². The van der Waals surface area contributed by atoms with Gasteiger partial charge in [0.1, 0.15) is 19.0 Å². The summed E-state index contributed by atoms with van der Waals surface area (Å²) in [5.74, 6) is -1.92. The minimum Gasteiger partial charge on any atom is -0.461 e. The highest BCUT2D eigenvalue weighted by Crippen LogP contribution is 2.16. The predicted octanol–water partition coefficient (Wildman–Crippen LogP) is 4.49. The highest BCUT2D eigenvalue weighted by atomic mass is 16.5. The molecule has 4 N–H and O–H groups in total. The molecule has 10 heteroatoms. The lowest BCUT2D eigenvalue weighted by atomic mass is 9.98. The molecule has 4 rings (SSSR count). The molecule has 3 amide bonds. The fraction of sp³-hybridized carbons (Fsp3) is 0.171. The van der Waals surface area contributed by atoms with Crippen LogP contribution in [0.2, 0.25) is 0 Å². The molecule has 0 aliphatic rings. The number of amidine groups is 1. The smallest absolute Gasteiger partial charge is 0.435 e. The third-order valence-corrected chi connectivity index (χ3v) is 6.72. The van der Waals surface area contributed by atoms with E-state index in [1.54, 1.807) is 48.5 Å². The average molecular weight is 607 g/mol. The molecule has 0 aliphatic heterocycles. The Balaban J connectivity index is 1.28. The van der Waals surface area contributed by atoms with Crippen LogP contribution in [-0.4, -0.2) is 42.8 Å². The van der Waals surface area contributed by atoms with E-state index in [1.807, 2.05) is 66.7 Å². The van der Waals surface area contributed by atoms with Crippen molar-refractivity contribution in [2.45, 2.75) is 25.6 Å². The van der Waals surface area contributed by atoms with Crippen LogP contribution in [0.1, 0.15) is 45.0 Å². The molecule has 1 unspecified atom stereocenters. The Morgan fingerprint density at radius 1 is 0.667 bits per heavy atom. The standard InChI is InChI=1S/C35H34N4O6/c36-32(39-35(43)45-24-26-12-6-2-7-13-26)28-16-18-29(19-17-28)33(41)38-22-30(27-14-8-3-9-15-27)34(42)37-21-20-31(40)44-23-25-10-4-1-5-11-25/h1-19,30H,20-24H2,(H,37,42)(H,38,41)(H2,36,39,43). The maximum absolute atomic E-state index is 13.1. The highest BCUT2D eigenvalue weighted by molar-refractivity contribution is 6.03. The van der Waals surface area contributed by atoms with Gasteiger partial charge in [0, 0.05) is 24.2 Å². The van der Waals surface area contributed by atoms with Crippen LogP contribution in [0.15, 0.2) is 120 Å². The van der Waals surface area contributed by atoms with Gasteiger partial charge in [-0.05, 0) is 28.8 Å². The molecular weight excluding hydrogens is 572 g/mol. The van der Waals surface area contributed by atoms with Crippen LogP contribution < -0.4 is 16.4 Å². The Bertz CT molecular complexity index is 1590. The lowest BCUT2D eigenvalue weighted by Crippen LogP contribution is -2.38. The normalized spacial score (nSPS) is 11.6. The summed E-state index contributed by atoms with van der Waals surface area (Å²) >= 11 is 0. The second-order valence-corrected chi connectivity index (χ2v) is 9.98. The van der Waals surface area contributed by atoms with Crippen LogP contribution in [0.4, 0.5) is 4.79 Å². The molecule has 0 spiro atoms. The van der Waals surface area contributed by atoms with E-state index >= 15 is 0 Å². The summed E-state index contributed by atoms with van der Waals surface area (Å²) in [4.78, 5) is 54.0. The first kappa shape index (κ1) is 32.2. The van der Waals surface area contributed by atoms with E-state index in [-0.39, 0.29) is 44.5 Å². The summed E-state index contributed by atoms with van der Waals surface area (Å²) in [6, 6.07) is 33.8. The van der Waals surface area contributed by atoms with Crippen LogP contribution in [0.5, 0.6) is 0 Å². The topological polar surface area (TPSA) is 149 Å². The summed E-state index contributed by atoms with van der Waals surface area (Å²) in [6.45, 7) is 0.340. The number of amides is 3. The summed E-state index contributed by atoms with van der Waals surface area (Å²) in [5, 5.41) is 5.57. The van der Waals surface area contributed by atoms with Crippen LogP contribution in [0.25, 0.3) is 0 Å². The maximum atomic E-state index is 13.1. The SMILES string of the molecule is N/C(=N/C(=O)OCc1ccccc1)c1ccc(C(=O)NCC(C(=O)NCCC(=O)OCc2ccccc2)c2ccccc2)cc1. The van der Waals surface area contributed by atoms with Crippen molar-refractivity contribution in [1.29, 1.82) is 0 Å². The van der Waals surface area contributed by atoms with Crippen molar-refractivity contribution in [3.8, 4) is 0 Å². The Kier molecular flexibility index (Phi) is 12.0. The first-order valence-corrected chi connectivity index (χ1v) is 14.3. The molecule has 0 aromatic heterocycles. The van der Waals surface area contributed by atoms with E-state index in [2.05, 4.69) is 15.6 Å². The van der Waals surface area contributed by atoms with Crippen LogP contribution >= 0.6 is 0 Å². The molecular formula is C35H34N4O6. The van der Waals surface area contributed by atoms with Gasteiger partial charge in [-0.15, -0.1) is 0 Å². The average Bonchev–Trinajstić information content (AvgIpc) is 3.08. The first-order chi connectivity index (χ1) is 21.9. The van der Waals surface area contributed by atoms with Gasteiger partial charge in [-0.25, -0.2) is 4.79 Å². The molecule has 10 nitrogen and oxygen atoms in total. The number of hydrogen-bond donors (Lipinski definition) is 3. The number of hydrogen-bond acceptors (Lipinski definition) is 6. The van der Waals surface area contributed by atoms with Crippen molar-refractivity contribution in [1.82, 2.24) is 10.6 Å². The van der Waals surface area contributed by atoms with Gasteiger partial charge < -0.3 is 25.8 Å². The molecule has 0 saturated heterocycles. The molecule has 0 heterocycles. The minimum absolute atomic E-state index is 0.00989. The number of esters is 1. The molecule has 4 aromatic rings. The lowest BCUT2D eigenvalue weighted by molar-refractivity contribution is -0.144. The number of benzene rings is 4. The molecule has 0 aliphatic carbocycles. The quantitative estimate of drug-likeness (QED) is 0.115. The second kappa shape index (κ2) is 16.8. The van der Waals surface area contributed by atoms with E-state index < -0.39 is 23.9 Å². The number of ether oxygens (including phenoxy) is 2. The van der Waals surface area contributed by atoms with Gasteiger partial charge in [-0.1, -0.05) is 103 Å². The Morgan fingerprint density at radius 2 is 1.20 bits per heavy atom. The fourth-order valence-electron chi connectivity index (χ4n) is 4.27. The third-order valence-electron chi connectivity index (χ3n) is 6.72. The fourth-order valence-corrected chi connectivity index (χ4v) is 4.27. The summed E-state index contributed by atoms with van der Waals surface area (Å²) < 4.78 is 10.4. The molecule has 1 atom stereocenters. The monoisotopic (exact) mass is 606 g/mol. The molecule has 45 heavy (non-hydrogen) atoms. The van der Waals surface area contributed by atoms with Crippen molar-refractivity contribution < 1.29 is 28.7 Å². The largest absolute Gasteiger partial charge is 0.461 e. The van der Waals surface area contributed by atoms with E-state index in [0.717, 1.165) is 11.1 Å². The number of nitrogens with zero attached hydrogens (tertiary/aromatic N) is 1. The Hall–Kier alpha value is -5.77. The lowest BCUT2D eigenvalue weighted by Gasteiger charge is -2.18. The van der Waals surface area contributed by atoms with Gasteiger partial charge in [0.05, 0.1) is 12.3 Å². The van der Waals surface area contributed by atoms with Crippen LogP contribution in [0.3, 0.4) is 0 Å². The number of carbonyl (C=O) groups is 4. The molecule has 0 saturated carbocycles. The molecule has 4 aromatic carbocycles. The van der Waals surface area contributed by atoms with Crippen molar-refractivity contribution in [2.75, 3.05) is 13.1 Å². The highest BCUT2D eigenvalue weighted by Gasteiger charge is 2.22. The number of nitrogens with two attached hydrogens (primary N) is 1. The van der Waals surface area contributed by atoms with Gasteiger partial charge in [0.15, 0.2) is 0 Å². The van der Waals surface area contributed by atoms with E-state index in [4.69, 9.17) is 15.2 Å². The van der Waals surface area contributed by atoms with Crippen LogP contribution in [-0.2, 0) is 32.3 Å². The summed E-state index contributed by atoms with van der Waals surface area (Å²) in [7, 11) is 0. The van der Waals surface area contributed by atoms with Crippen molar-refractivity contribution in [2.24, 2.45) is 10.7 Å². The van der Waals surface area contributed by atoms with E-state index in [9.17, 15) is 19.2 Å². The molecule has 0 bridgehead atoms. The zero-order chi connectivity index (χ0) is 31.9. The Morgan fingerprint density at radius 3 is 1.80 bits per heavy atom. The number of aliphatic imine (C=N–C) groups is 1. The second-order valence-electron chi connectivity index (χ2n) is 9.98. The van der Waals surface area contributed by atoms with Gasteiger partial charge >= 0.3 is 12.1 Å². The maximum Gasteiger partial charge on any atom is 0.435 e. The van der Waals surface area contributed by atoms with E-state index in [0.29, 0.717) is 16.7 Å².